The van der Waals surface area contributed by atoms with Crippen molar-refractivity contribution in [3.63, 3.8) is 0 Å². The third kappa shape index (κ3) is 5.07. The smallest absolute Gasteiger partial charge is 0.166 e. The van der Waals surface area contributed by atoms with Crippen LogP contribution < -0.4 is 9.64 Å². The highest BCUT2D eigenvalue weighted by molar-refractivity contribution is 5.84. The quantitative estimate of drug-likeness (QED) is 0.725. The summed E-state index contributed by atoms with van der Waals surface area (Å²) in [4.78, 5) is 5.91. The molecule has 0 heterocycles. The number of nitrogens with one attached hydrogen (secondary N) is 1. The van der Waals surface area contributed by atoms with Crippen LogP contribution in [0.4, 0.5) is 0 Å². The van der Waals surface area contributed by atoms with Gasteiger partial charge < -0.3 is 14.7 Å². The SMILES string of the molecule is CCOc1cccc(C=NC[C@@H](c2ccc(CC)cc2)[NH+](C)C)c1O. The van der Waals surface area contributed by atoms with Gasteiger partial charge in [-0.15, -0.1) is 0 Å². The van der Waals surface area contributed by atoms with Crippen molar-refractivity contribution in [2.45, 2.75) is 26.3 Å². The van der Waals surface area contributed by atoms with Crippen molar-refractivity contribution < 1.29 is 14.7 Å². The van der Waals surface area contributed by atoms with Crippen LogP contribution in [-0.4, -0.2) is 38.6 Å². The molecule has 2 aromatic carbocycles. The number of quaternary nitrogens is 1. The highest BCUT2D eigenvalue weighted by Gasteiger charge is 2.17. The van der Waals surface area contributed by atoms with E-state index in [4.69, 9.17) is 4.74 Å². The van der Waals surface area contributed by atoms with Gasteiger partial charge in [0.15, 0.2) is 11.5 Å². The summed E-state index contributed by atoms with van der Waals surface area (Å²) in [7, 11) is 4.28. The van der Waals surface area contributed by atoms with Crippen molar-refractivity contribution in [2.75, 3.05) is 27.2 Å². The number of aromatic hydroxyl groups is 1. The van der Waals surface area contributed by atoms with Crippen molar-refractivity contribution in [1.29, 1.82) is 0 Å². The number of para-hydroxylation sites is 1. The standard InChI is InChI=1S/C21H28N2O2/c1-5-16-10-12-17(13-11-16)19(23(3)4)15-22-14-18-8-7-9-20(21(18)24)25-6-2/h7-14,19,24H,5-6,15H2,1-4H3/p+1/t19-/m0/s1. The monoisotopic (exact) mass is 341 g/mol. The number of phenols is 1. The van der Waals surface area contributed by atoms with Crippen LogP contribution in [0.25, 0.3) is 0 Å². The normalized spacial score (nSPS) is 12.7. The van der Waals surface area contributed by atoms with Crippen molar-refractivity contribution in [3.8, 4) is 11.5 Å². The summed E-state index contributed by atoms with van der Waals surface area (Å²) < 4.78 is 5.42. The number of aryl methyl sites for hydroxylation is 1. The largest absolute Gasteiger partial charge is 0.504 e. The minimum atomic E-state index is 0.147. The summed E-state index contributed by atoms with van der Waals surface area (Å²) in [6.07, 6.45) is 2.78. The first-order chi connectivity index (χ1) is 12.1. The highest BCUT2D eigenvalue weighted by atomic mass is 16.5. The fourth-order valence-corrected chi connectivity index (χ4v) is 2.78. The van der Waals surface area contributed by atoms with Crippen molar-refractivity contribution in [1.82, 2.24) is 0 Å². The van der Waals surface area contributed by atoms with Gasteiger partial charge in [-0.1, -0.05) is 37.3 Å². The van der Waals surface area contributed by atoms with Gasteiger partial charge in [0.2, 0.25) is 0 Å². The Morgan fingerprint density at radius 1 is 1.12 bits per heavy atom. The van der Waals surface area contributed by atoms with Crippen molar-refractivity contribution >= 4 is 6.21 Å². The molecule has 0 spiro atoms. The number of aliphatic imine (C=N–C) groups is 1. The fraction of sp³-hybridized carbons (Fsp3) is 0.381. The second-order valence-electron chi connectivity index (χ2n) is 6.35. The number of likely N-dealkylation sites (N-methyl/N-ethyl adjacent to an activating group) is 1. The van der Waals surface area contributed by atoms with Gasteiger partial charge in [0.05, 0.1) is 27.2 Å². The minimum Gasteiger partial charge on any atom is -0.504 e. The first kappa shape index (κ1) is 19.0. The average Bonchev–Trinajstić information content (AvgIpc) is 2.61. The molecule has 4 heteroatoms. The van der Waals surface area contributed by atoms with Gasteiger partial charge in [-0.2, -0.15) is 0 Å². The zero-order chi connectivity index (χ0) is 18.2. The van der Waals surface area contributed by atoms with Crippen LogP contribution in [0.3, 0.4) is 0 Å². The molecule has 2 rings (SSSR count). The zero-order valence-electron chi connectivity index (χ0n) is 15.6. The number of hydrogen-bond acceptors (Lipinski definition) is 3. The van der Waals surface area contributed by atoms with Crippen LogP contribution in [0.15, 0.2) is 47.5 Å². The van der Waals surface area contributed by atoms with Gasteiger partial charge >= 0.3 is 0 Å². The lowest BCUT2D eigenvalue weighted by atomic mass is 10.0. The summed E-state index contributed by atoms with van der Waals surface area (Å²) in [5, 5.41) is 10.2. The molecule has 0 saturated carbocycles. The van der Waals surface area contributed by atoms with Gasteiger partial charge in [-0.05, 0) is 31.0 Å². The number of phenolic OH excluding ortho intramolecular Hbond substituents is 1. The van der Waals surface area contributed by atoms with Crippen LogP contribution in [0.2, 0.25) is 0 Å². The third-order valence-corrected chi connectivity index (χ3v) is 4.34. The maximum Gasteiger partial charge on any atom is 0.166 e. The number of hydrogen-bond donors (Lipinski definition) is 2. The van der Waals surface area contributed by atoms with Gasteiger partial charge in [-0.25, -0.2) is 0 Å². The maximum atomic E-state index is 10.2. The molecular formula is C21H29N2O2+. The Morgan fingerprint density at radius 2 is 1.84 bits per heavy atom. The Balaban J connectivity index is 2.13. The Labute approximate surface area is 150 Å². The highest BCUT2D eigenvalue weighted by Crippen LogP contribution is 2.28. The lowest BCUT2D eigenvalue weighted by molar-refractivity contribution is -0.890. The van der Waals surface area contributed by atoms with Crippen LogP contribution in [0.5, 0.6) is 11.5 Å². The van der Waals surface area contributed by atoms with Crippen molar-refractivity contribution in [3.05, 3.63) is 59.2 Å². The molecule has 25 heavy (non-hydrogen) atoms. The fourth-order valence-electron chi connectivity index (χ4n) is 2.78. The van der Waals surface area contributed by atoms with E-state index in [9.17, 15) is 5.11 Å². The lowest BCUT2D eigenvalue weighted by Crippen LogP contribution is -3.06. The molecule has 0 unspecified atom stereocenters. The number of nitrogens with zero attached hydrogens (tertiary/aromatic N) is 1. The molecule has 0 aliphatic carbocycles. The van der Waals surface area contributed by atoms with Gasteiger partial charge in [-0.3, -0.25) is 4.99 Å². The van der Waals surface area contributed by atoms with Crippen LogP contribution in [0, 0.1) is 0 Å². The van der Waals surface area contributed by atoms with E-state index < -0.39 is 0 Å². The van der Waals surface area contributed by atoms with E-state index in [1.807, 2.05) is 19.1 Å². The molecule has 0 saturated heterocycles. The lowest BCUT2D eigenvalue weighted by Gasteiger charge is -2.20. The molecular weight excluding hydrogens is 312 g/mol. The molecule has 0 aliphatic rings. The van der Waals surface area contributed by atoms with E-state index in [2.05, 4.69) is 50.3 Å². The van der Waals surface area contributed by atoms with Crippen LogP contribution >= 0.6 is 0 Å². The van der Waals surface area contributed by atoms with E-state index in [1.165, 1.54) is 16.0 Å². The molecule has 2 aromatic rings. The summed E-state index contributed by atoms with van der Waals surface area (Å²) >= 11 is 0. The Morgan fingerprint density at radius 3 is 2.44 bits per heavy atom. The average molecular weight is 341 g/mol. The summed E-state index contributed by atoms with van der Waals surface area (Å²) in [5.41, 5.74) is 3.30. The molecule has 0 fully saturated rings. The van der Waals surface area contributed by atoms with E-state index in [0.717, 1.165) is 6.42 Å². The predicted molar refractivity (Wildman–Crippen MR) is 103 cm³/mol. The van der Waals surface area contributed by atoms with Crippen LogP contribution in [0.1, 0.15) is 36.6 Å². The van der Waals surface area contributed by atoms with Gasteiger partial charge in [0.25, 0.3) is 0 Å². The van der Waals surface area contributed by atoms with Gasteiger partial charge in [0, 0.05) is 17.3 Å². The topological polar surface area (TPSA) is 46.3 Å². The molecule has 134 valence electrons. The predicted octanol–water partition coefficient (Wildman–Crippen LogP) is 2.66. The van der Waals surface area contributed by atoms with E-state index in [1.54, 1.807) is 12.3 Å². The molecule has 4 nitrogen and oxygen atoms in total. The molecule has 1 atom stereocenters. The number of rotatable bonds is 8. The molecule has 0 amide bonds. The first-order valence-corrected chi connectivity index (χ1v) is 8.90. The first-order valence-electron chi connectivity index (χ1n) is 8.90. The summed E-state index contributed by atoms with van der Waals surface area (Å²) in [6, 6.07) is 14.5. The molecule has 0 radical (unpaired) electrons. The molecule has 2 N–H and O–H groups in total. The summed E-state index contributed by atoms with van der Waals surface area (Å²) in [5.74, 6) is 0.644. The zero-order valence-corrected chi connectivity index (χ0v) is 15.6. The van der Waals surface area contributed by atoms with Gasteiger partial charge in [0.1, 0.15) is 6.04 Å². The number of benzene rings is 2. The van der Waals surface area contributed by atoms with E-state index in [0.29, 0.717) is 24.5 Å². The Kier molecular flexibility index (Phi) is 7.02. The second kappa shape index (κ2) is 9.23. The minimum absolute atomic E-state index is 0.147. The van der Waals surface area contributed by atoms with Crippen molar-refractivity contribution in [2.24, 2.45) is 4.99 Å². The Bertz CT molecular complexity index is 694. The van der Waals surface area contributed by atoms with E-state index >= 15 is 0 Å². The molecule has 0 bridgehead atoms. The summed E-state index contributed by atoms with van der Waals surface area (Å²) in [6.45, 7) is 5.24. The van der Waals surface area contributed by atoms with E-state index in [-0.39, 0.29) is 11.8 Å². The second-order valence-corrected chi connectivity index (χ2v) is 6.35. The Hall–Kier alpha value is -2.33. The third-order valence-electron chi connectivity index (χ3n) is 4.34. The maximum absolute atomic E-state index is 10.2. The van der Waals surface area contributed by atoms with Crippen LogP contribution in [-0.2, 0) is 6.42 Å². The molecule has 0 aromatic heterocycles. The number of ether oxygens (including phenoxy) is 1. The molecule has 0 aliphatic heterocycles.